The number of nitrogens with one attached hydrogen (secondary N) is 2. The topological polar surface area (TPSA) is 88.5 Å². The second kappa shape index (κ2) is 12.9. The zero-order chi connectivity index (χ0) is 34.1. The minimum absolute atomic E-state index is 0.0594. The van der Waals surface area contributed by atoms with Gasteiger partial charge >= 0.3 is 0 Å². The van der Waals surface area contributed by atoms with Crippen LogP contribution in [0, 0.1) is 5.82 Å². The van der Waals surface area contributed by atoms with Gasteiger partial charge in [-0.05, 0) is 65.6 Å². The van der Waals surface area contributed by atoms with Crippen LogP contribution in [-0.4, -0.2) is 30.6 Å². The summed E-state index contributed by atoms with van der Waals surface area (Å²) in [5.74, 6) is -0.726. The number of aromatic nitrogens is 5. The lowest BCUT2D eigenvalue weighted by Crippen LogP contribution is -2.35. The lowest BCUT2D eigenvalue weighted by molar-refractivity contribution is 0.0930. The van der Waals surface area contributed by atoms with Gasteiger partial charge in [0, 0.05) is 23.3 Å². The number of halogens is 1. The predicted molar refractivity (Wildman–Crippen MR) is 194 cm³/mol. The van der Waals surface area contributed by atoms with Crippen LogP contribution in [0.3, 0.4) is 0 Å². The smallest absolute Gasteiger partial charge is 0.289 e. The van der Waals surface area contributed by atoms with E-state index < -0.39 is 17.4 Å². The summed E-state index contributed by atoms with van der Waals surface area (Å²) in [6.07, 6.45) is 3.55. The number of amides is 1. The summed E-state index contributed by atoms with van der Waals surface area (Å²) in [5.41, 5.74) is 7.52. The van der Waals surface area contributed by atoms with Crippen molar-refractivity contribution in [3.05, 3.63) is 186 Å². The van der Waals surface area contributed by atoms with E-state index in [0.717, 1.165) is 38.9 Å². The molecule has 1 atom stereocenters. The zero-order valence-corrected chi connectivity index (χ0v) is 27.3. The summed E-state index contributed by atoms with van der Waals surface area (Å²) in [6, 6.07) is 45.4. The van der Waals surface area contributed by atoms with Gasteiger partial charge in [0.1, 0.15) is 5.82 Å². The highest BCUT2D eigenvalue weighted by molar-refractivity contribution is 6.03. The maximum absolute atomic E-state index is 13.9. The Morgan fingerprint density at radius 3 is 1.92 bits per heavy atom. The van der Waals surface area contributed by atoms with Crippen molar-refractivity contribution >= 4 is 27.8 Å². The molecule has 0 saturated carbocycles. The van der Waals surface area contributed by atoms with Crippen LogP contribution < -0.4 is 5.32 Å². The lowest BCUT2D eigenvalue weighted by Gasteiger charge is -2.36. The zero-order valence-electron chi connectivity index (χ0n) is 27.3. The summed E-state index contributed by atoms with van der Waals surface area (Å²) in [4.78, 5) is 27.0. The highest BCUT2D eigenvalue weighted by Gasteiger charge is 2.37. The van der Waals surface area contributed by atoms with Gasteiger partial charge in [0.05, 0.1) is 40.2 Å². The molecule has 244 valence electrons. The first kappa shape index (κ1) is 30.9. The van der Waals surface area contributed by atoms with Crippen LogP contribution >= 0.6 is 0 Å². The third-order valence-corrected chi connectivity index (χ3v) is 9.42. The number of hydrogen-bond acceptors (Lipinski definition) is 4. The number of hydrogen-bond donors (Lipinski definition) is 2. The van der Waals surface area contributed by atoms with Gasteiger partial charge in [0.2, 0.25) is 5.82 Å². The Kier molecular flexibility index (Phi) is 7.97. The van der Waals surface area contributed by atoms with E-state index in [-0.39, 0.29) is 11.6 Å². The number of aromatic amines is 1. The number of carbonyl (C=O) groups is 1. The maximum Gasteiger partial charge on any atom is 0.289 e. The van der Waals surface area contributed by atoms with Gasteiger partial charge in [0.15, 0.2) is 0 Å². The fourth-order valence-corrected chi connectivity index (χ4v) is 6.94. The van der Waals surface area contributed by atoms with Crippen LogP contribution in [0.1, 0.15) is 45.8 Å². The summed E-state index contributed by atoms with van der Waals surface area (Å²) in [6.45, 7) is 2.34. The molecule has 8 rings (SSSR count). The predicted octanol–water partition coefficient (Wildman–Crippen LogP) is 8.64. The van der Waals surface area contributed by atoms with E-state index in [1.54, 1.807) is 24.5 Å². The fourth-order valence-electron chi connectivity index (χ4n) is 6.94. The largest absolute Gasteiger partial charge is 0.343 e. The molecule has 2 N–H and O–H groups in total. The van der Waals surface area contributed by atoms with E-state index in [0.29, 0.717) is 23.1 Å². The molecule has 0 aliphatic carbocycles. The molecule has 8 aromatic rings. The molecule has 1 unspecified atom stereocenters. The minimum Gasteiger partial charge on any atom is -0.343 e. The number of pyridine rings is 1. The normalized spacial score (nSPS) is 12.3. The average molecular weight is 657 g/mol. The van der Waals surface area contributed by atoms with E-state index in [4.69, 9.17) is 0 Å². The molecule has 0 bridgehead atoms. The molecule has 0 saturated heterocycles. The van der Waals surface area contributed by atoms with Crippen LogP contribution in [-0.2, 0) is 12.0 Å². The Labute approximate surface area is 288 Å². The van der Waals surface area contributed by atoms with Gasteiger partial charge in [-0.15, -0.1) is 0 Å². The van der Waals surface area contributed by atoms with Crippen LogP contribution in [0.15, 0.2) is 152 Å². The molecule has 0 aliphatic rings. The van der Waals surface area contributed by atoms with Crippen molar-refractivity contribution in [3.63, 3.8) is 0 Å². The number of nitrogens with zero attached hydrogens (tertiary/aromatic N) is 4. The molecular formula is C42H33FN6O. The first-order valence-corrected chi connectivity index (χ1v) is 16.5. The molecule has 0 spiro atoms. The number of fused-ring (bicyclic) bond motifs is 2. The van der Waals surface area contributed by atoms with Crippen molar-refractivity contribution in [2.75, 3.05) is 0 Å². The lowest BCUT2D eigenvalue weighted by atomic mass is 9.69. The average Bonchev–Trinajstić information content (AvgIpc) is 3.75. The highest BCUT2D eigenvalue weighted by Crippen LogP contribution is 2.42. The van der Waals surface area contributed by atoms with Crippen molar-refractivity contribution in [1.82, 2.24) is 30.0 Å². The molecule has 0 aliphatic heterocycles. The molecule has 50 heavy (non-hydrogen) atoms. The Morgan fingerprint density at radius 1 is 0.760 bits per heavy atom. The number of imidazole rings is 1. The van der Waals surface area contributed by atoms with E-state index in [1.807, 2.05) is 49.4 Å². The van der Waals surface area contributed by atoms with Gasteiger partial charge in [-0.3, -0.25) is 19.6 Å². The van der Waals surface area contributed by atoms with Crippen molar-refractivity contribution in [2.24, 2.45) is 0 Å². The third-order valence-electron chi connectivity index (χ3n) is 9.42. The van der Waals surface area contributed by atoms with Crippen molar-refractivity contribution < 1.29 is 9.18 Å². The quantitative estimate of drug-likeness (QED) is 0.152. The third kappa shape index (κ3) is 5.60. The number of benzene rings is 5. The van der Waals surface area contributed by atoms with E-state index >= 15 is 0 Å². The second-order valence-electron chi connectivity index (χ2n) is 12.5. The molecule has 7 nitrogen and oxygen atoms in total. The van der Waals surface area contributed by atoms with Crippen LogP contribution in [0.4, 0.5) is 4.39 Å². The number of carbonyl (C=O) groups excluding carboxylic acids is 1. The van der Waals surface area contributed by atoms with Crippen LogP contribution in [0.5, 0.6) is 0 Å². The molecule has 5 aromatic carbocycles. The monoisotopic (exact) mass is 656 g/mol. The minimum atomic E-state index is -0.577. The summed E-state index contributed by atoms with van der Waals surface area (Å²) >= 11 is 0. The van der Waals surface area contributed by atoms with Crippen molar-refractivity contribution in [1.29, 1.82) is 0 Å². The summed E-state index contributed by atoms with van der Waals surface area (Å²) < 4.78 is 16.0. The molecule has 3 heterocycles. The van der Waals surface area contributed by atoms with Crippen LogP contribution in [0.25, 0.3) is 33.2 Å². The Hall–Kier alpha value is -6.41. The molecular weight excluding hydrogens is 624 g/mol. The first-order valence-electron chi connectivity index (χ1n) is 16.5. The fraction of sp³-hybridized carbons (Fsp3) is 0.0952. The Morgan fingerprint density at radius 2 is 1.34 bits per heavy atom. The van der Waals surface area contributed by atoms with Gasteiger partial charge < -0.3 is 5.32 Å². The highest BCUT2D eigenvalue weighted by atomic mass is 19.1. The second-order valence-corrected chi connectivity index (χ2v) is 12.5. The molecule has 3 aromatic heterocycles. The molecule has 8 heteroatoms. The molecule has 0 radical (unpaired) electrons. The first-order chi connectivity index (χ1) is 24.5. The van der Waals surface area contributed by atoms with E-state index in [9.17, 15) is 9.18 Å². The maximum atomic E-state index is 13.9. The summed E-state index contributed by atoms with van der Waals surface area (Å²) in [7, 11) is 0. The Balaban J connectivity index is 1.29. The van der Waals surface area contributed by atoms with E-state index in [2.05, 4.69) is 103 Å². The van der Waals surface area contributed by atoms with Gasteiger partial charge in [-0.2, -0.15) is 0 Å². The van der Waals surface area contributed by atoms with Crippen molar-refractivity contribution in [3.8, 4) is 11.3 Å². The Bertz CT molecular complexity index is 2330. The van der Waals surface area contributed by atoms with E-state index in [1.165, 1.54) is 12.1 Å². The van der Waals surface area contributed by atoms with Crippen molar-refractivity contribution in [2.45, 2.75) is 24.9 Å². The number of H-pyrrole nitrogens is 1. The van der Waals surface area contributed by atoms with Gasteiger partial charge in [-0.25, -0.2) is 14.4 Å². The van der Waals surface area contributed by atoms with Crippen LogP contribution in [0.2, 0.25) is 0 Å². The SMILES string of the molecule is CC(NC(=O)c1nc2cc3c(-c4ccncc4)[nH]n(CC(c4ccccc4)(c4ccccc4)c4ccccc4)c3cc2n1)c1cccc(F)c1. The van der Waals surface area contributed by atoms with Gasteiger partial charge in [0.25, 0.3) is 5.91 Å². The van der Waals surface area contributed by atoms with Gasteiger partial charge in [-0.1, -0.05) is 103 Å². The summed E-state index contributed by atoms with van der Waals surface area (Å²) in [5, 5.41) is 7.60. The molecule has 0 fully saturated rings. The standard InChI is InChI=1S/C42H33FN6O/c1-28(30-12-11-19-34(43)24-30)45-41(50)40-46-36-25-35-38(26-37(36)47-40)49(48-39(35)29-20-22-44-23-21-29)27-42(31-13-5-2-6-14-31,32-15-7-3-8-16-32)33-17-9-4-10-18-33/h2-26,28,48H,27H2,1H3,(H,45,50). The molecule has 1 amide bonds. The number of rotatable bonds is 9.